The van der Waals surface area contributed by atoms with Gasteiger partial charge >= 0.3 is 5.97 Å². The predicted octanol–water partition coefficient (Wildman–Crippen LogP) is 5.53. The van der Waals surface area contributed by atoms with Crippen LogP contribution in [0.3, 0.4) is 0 Å². The summed E-state index contributed by atoms with van der Waals surface area (Å²) in [4.78, 5) is 27.6. The Morgan fingerprint density at radius 3 is 2.19 bits per heavy atom. The zero-order valence-corrected chi connectivity index (χ0v) is 19.9. The second-order valence-corrected chi connectivity index (χ2v) is 10.6. The topological polar surface area (TPSA) is 46.6 Å². The Morgan fingerprint density at radius 1 is 1.00 bits per heavy atom. The van der Waals surface area contributed by atoms with Crippen LogP contribution in [0.2, 0.25) is 0 Å². The second-order valence-electron chi connectivity index (χ2n) is 10.6. The second kappa shape index (κ2) is 8.49. The molecule has 1 aliphatic heterocycles. The Balaban J connectivity index is 1.91. The predicted molar refractivity (Wildman–Crippen MR) is 126 cm³/mol. The SMILES string of the molecule is COC(=O)c1ccc2c(c1)CCN2CC(C(=O)C(C)(C)C)c1ccc(C(C)(C)C)cc1. The average molecular weight is 422 g/mol. The van der Waals surface area contributed by atoms with Gasteiger partial charge < -0.3 is 9.64 Å². The molecule has 2 aromatic carbocycles. The van der Waals surface area contributed by atoms with Crippen molar-refractivity contribution in [3.05, 3.63) is 64.7 Å². The molecule has 4 heteroatoms. The van der Waals surface area contributed by atoms with Crippen LogP contribution in [0.1, 0.15) is 74.5 Å². The van der Waals surface area contributed by atoms with Crippen LogP contribution >= 0.6 is 0 Å². The number of nitrogens with zero attached hydrogens (tertiary/aromatic N) is 1. The van der Waals surface area contributed by atoms with Gasteiger partial charge in [-0.1, -0.05) is 65.8 Å². The number of ketones is 1. The molecule has 0 radical (unpaired) electrons. The molecule has 1 atom stereocenters. The molecular weight excluding hydrogens is 386 g/mol. The minimum atomic E-state index is -0.426. The minimum absolute atomic E-state index is 0.0767. The molecule has 1 heterocycles. The molecule has 0 aromatic heterocycles. The fourth-order valence-corrected chi connectivity index (χ4v) is 4.20. The molecule has 2 aromatic rings. The van der Waals surface area contributed by atoms with E-state index in [1.54, 1.807) is 0 Å². The highest BCUT2D eigenvalue weighted by atomic mass is 16.5. The summed E-state index contributed by atoms with van der Waals surface area (Å²) in [7, 11) is 1.40. The number of carbonyl (C=O) groups is 2. The Hall–Kier alpha value is -2.62. The van der Waals surface area contributed by atoms with E-state index in [2.05, 4.69) is 49.9 Å². The van der Waals surface area contributed by atoms with Gasteiger partial charge in [-0.05, 0) is 46.7 Å². The minimum Gasteiger partial charge on any atom is -0.465 e. The fraction of sp³-hybridized carbons (Fsp3) is 0.481. The first-order valence-electron chi connectivity index (χ1n) is 11.0. The third kappa shape index (κ3) is 5.00. The molecule has 0 N–H and O–H groups in total. The third-order valence-electron chi connectivity index (χ3n) is 6.13. The van der Waals surface area contributed by atoms with Gasteiger partial charge in [0.05, 0.1) is 18.6 Å². The summed E-state index contributed by atoms with van der Waals surface area (Å²) in [5.41, 5.74) is 4.78. The van der Waals surface area contributed by atoms with Gasteiger partial charge in [0.15, 0.2) is 0 Å². The highest BCUT2D eigenvalue weighted by Gasteiger charge is 2.34. The number of fused-ring (bicyclic) bond motifs is 1. The molecule has 0 saturated heterocycles. The third-order valence-corrected chi connectivity index (χ3v) is 6.13. The summed E-state index contributed by atoms with van der Waals surface area (Å²) in [6.45, 7) is 14.0. The number of benzene rings is 2. The average Bonchev–Trinajstić information content (AvgIpc) is 3.11. The summed E-state index contributed by atoms with van der Waals surface area (Å²) in [5.74, 6) is -0.281. The van der Waals surface area contributed by atoms with E-state index < -0.39 is 5.41 Å². The van der Waals surface area contributed by atoms with Crippen LogP contribution in [0.15, 0.2) is 42.5 Å². The van der Waals surface area contributed by atoms with E-state index in [9.17, 15) is 9.59 Å². The fourth-order valence-electron chi connectivity index (χ4n) is 4.20. The number of ether oxygens (including phenoxy) is 1. The first kappa shape index (κ1) is 23.1. The summed E-state index contributed by atoms with van der Waals surface area (Å²) in [6.07, 6.45) is 0.861. The molecule has 166 valence electrons. The number of anilines is 1. The standard InChI is InChI=1S/C27H35NO3/c1-26(2,3)21-11-8-18(9-12-21)22(24(29)27(4,5)6)17-28-15-14-19-16-20(25(30)31-7)10-13-23(19)28/h8-13,16,22H,14-15,17H2,1-7H3. The van der Waals surface area contributed by atoms with Gasteiger partial charge in [-0.15, -0.1) is 0 Å². The highest BCUT2D eigenvalue weighted by Crippen LogP contribution is 2.35. The van der Waals surface area contributed by atoms with Gasteiger partial charge in [0.1, 0.15) is 5.78 Å². The molecule has 0 aliphatic carbocycles. The Bertz CT molecular complexity index is 961. The molecule has 1 aliphatic rings. The Morgan fingerprint density at radius 2 is 1.65 bits per heavy atom. The maximum atomic E-state index is 13.4. The highest BCUT2D eigenvalue weighted by molar-refractivity contribution is 5.92. The van der Waals surface area contributed by atoms with Crippen molar-refractivity contribution in [2.45, 2.75) is 59.3 Å². The van der Waals surface area contributed by atoms with Crippen molar-refractivity contribution in [3.63, 3.8) is 0 Å². The monoisotopic (exact) mass is 421 g/mol. The van der Waals surface area contributed by atoms with E-state index in [-0.39, 0.29) is 23.1 Å². The molecule has 1 unspecified atom stereocenters. The molecule has 31 heavy (non-hydrogen) atoms. The first-order chi connectivity index (χ1) is 14.4. The van der Waals surface area contributed by atoms with Gasteiger partial charge in [0, 0.05) is 24.2 Å². The summed E-state index contributed by atoms with van der Waals surface area (Å²) < 4.78 is 4.85. The van der Waals surface area contributed by atoms with Gasteiger partial charge in [-0.3, -0.25) is 4.79 Å². The van der Waals surface area contributed by atoms with E-state index in [1.807, 2.05) is 39.0 Å². The van der Waals surface area contributed by atoms with E-state index in [0.29, 0.717) is 12.1 Å². The van der Waals surface area contributed by atoms with Crippen molar-refractivity contribution < 1.29 is 14.3 Å². The first-order valence-corrected chi connectivity index (χ1v) is 11.0. The number of carbonyl (C=O) groups excluding carboxylic acids is 2. The Labute approximate surface area is 186 Å². The van der Waals surface area contributed by atoms with Crippen molar-refractivity contribution >= 4 is 17.4 Å². The quantitative estimate of drug-likeness (QED) is 0.595. The zero-order valence-electron chi connectivity index (χ0n) is 19.9. The van der Waals surface area contributed by atoms with Gasteiger partial charge in [-0.2, -0.15) is 0 Å². The normalized spacial score (nSPS) is 14.9. The number of methoxy groups -OCH3 is 1. The van der Waals surface area contributed by atoms with Gasteiger partial charge in [-0.25, -0.2) is 4.79 Å². The molecule has 4 nitrogen and oxygen atoms in total. The van der Waals surface area contributed by atoms with Crippen molar-refractivity contribution in [1.82, 2.24) is 0 Å². The van der Waals surface area contributed by atoms with Gasteiger partial charge in [0.25, 0.3) is 0 Å². The summed E-state index contributed by atoms with van der Waals surface area (Å²) in [6, 6.07) is 14.2. The number of Topliss-reactive ketones (excluding diaryl/α,β-unsaturated/α-hetero) is 1. The van der Waals surface area contributed by atoms with Crippen LogP contribution in [0.5, 0.6) is 0 Å². The summed E-state index contributed by atoms with van der Waals surface area (Å²) >= 11 is 0. The number of hydrogen-bond acceptors (Lipinski definition) is 4. The largest absolute Gasteiger partial charge is 0.465 e. The van der Waals surface area contributed by atoms with Crippen LogP contribution in [-0.2, 0) is 21.4 Å². The van der Waals surface area contributed by atoms with Crippen molar-refractivity contribution in [3.8, 4) is 0 Å². The van der Waals surface area contributed by atoms with E-state index in [1.165, 1.54) is 12.7 Å². The van der Waals surface area contributed by atoms with E-state index >= 15 is 0 Å². The van der Waals surface area contributed by atoms with Crippen LogP contribution in [0, 0.1) is 5.41 Å². The van der Waals surface area contributed by atoms with E-state index in [4.69, 9.17) is 4.74 Å². The number of hydrogen-bond donors (Lipinski definition) is 0. The summed E-state index contributed by atoms with van der Waals surface area (Å²) in [5, 5.41) is 0. The number of rotatable bonds is 5. The van der Waals surface area contributed by atoms with Crippen LogP contribution < -0.4 is 4.90 Å². The maximum absolute atomic E-state index is 13.4. The van der Waals surface area contributed by atoms with Crippen LogP contribution in [0.25, 0.3) is 0 Å². The lowest BCUT2D eigenvalue weighted by molar-refractivity contribution is -0.127. The molecule has 0 spiro atoms. The molecular formula is C27H35NO3. The lowest BCUT2D eigenvalue weighted by atomic mass is 9.78. The van der Waals surface area contributed by atoms with E-state index in [0.717, 1.165) is 29.8 Å². The molecule has 0 fully saturated rings. The lowest BCUT2D eigenvalue weighted by Gasteiger charge is -2.30. The van der Waals surface area contributed by atoms with Gasteiger partial charge in [0.2, 0.25) is 0 Å². The van der Waals surface area contributed by atoms with Crippen LogP contribution in [0.4, 0.5) is 5.69 Å². The molecule has 0 amide bonds. The molecule has 0 saturated carbocycles. The Kier molecular flexibility index (Phi) is 6.31. The maximum Gasteiger partial charge on any atom is 0.337 e. The van der Waals surface area contributed by atoms with Crippen molar-refractivity contribution in [2.24, 2.45) is 5.41 Å². The van der Waals surface area contributed by atoms with Crippen molar-refractivity contribution in [2.75, 3.05) is 25.1 Å². The zero-order chi connectivity index (χ0) is 23.0. The van der Waals surface area contributed by atoms with Crippen LogP contribution in [-0.4, -0.2) is 32.0 Å². The van der Waals surface area contributed by atoms with Crippen molar-refractivity contribution in [1.29, 1.82) is 0 Å². The number of esters is 1. The molecule has 0 bridgehead atoms. The lowest BCUT2D eigenvalue weighted by Crippen LogP contribution is -2.36. The molecule has 3 rings (SSSR count). The smallest absolute Gasteiger partial charge is 0.337 e.